The zero-order chi connectivity index (χ0) is 13.0. The number of aliphatic carboxylic acids is 1. The number of rotatable bonds is 5. The summed E-state index contributed by atoms with van der Waals surface area (Å²) in [6, 6.07) is 6.13. The molecule has 0 amide bonds. The highest BCUT2D eigenvalue weighted by molar-refractivity contribution is 6.30. The van der Waals surface area contributed by atoms with Crippen LogP contribution < -0.4 is 0 Å². The maximum Gasteiger partial charge on any atom is 0.304 e. The molecule has 0 fully saturated rings. The Balaban J connectivity index is 2.91. The van der Waals surface area contributed by atoms with Gasteiger partial charge in [-0.3, -0.25) is 9.59 Å². The quantitative estimate of drug-likeness (QED) is 0.790. The van der Waals surface area contributed by atoms with Crippen molar-refractivity contribution < 1.29 is 19.8 Å². The Bertz CT molecular complexity index is 411. The number of carboxylic acid groups (broad SMARTS) is 1. The van der Waals surface area contributed by atoms with Gasteiger partial charge in [-0.15, -0.1) is 0 Å². The molecular weight excluding hydrogens is 244 g/mol. The zero-order valence-corrected chi connectivity index (χ0v) is 10.0. The van der Waals surface area contributed by atoms with Crippen molar-refractivity contribution in [1.82, 2.24) is 0 Å². The van der Waals surface area contributed by atoms with Gasteiger partial charge in [0.15, 0.2) is 5.78 Å². The second kappa shape index (κ2) is 5.80. The molecular formula is C12H13ClO4. The summed E-state index contributed by atoms with van der Waals surface area (Å²) < 4.78 is 0. The monoisotopic (exact) mass is 256 g/mol. The van der Waals surface area contributed by atoms with E-state index in [1.807, 2.05) is 0 Å². The summed E-state index contributed by atoms with van der Waals surface area (Å²) in [5.74, 6) is -2.44. The standard InChI is InChI=1S/C12H13ClO4/c1-7(14)10(6-11(15)16)12(17)8-2-4-9(13)5-3-8/h2-5,7,10,14H,6H2,1H3,(H,15,16). The van der Waals surface area contributed by atoms with Crippen molar-refractivity contribution in [2.75, 3.05) is 0 Å². The molecule has 2 unspecified atom stereocenters. The first-order valence-corrected chi connectivity index (χ1v) is 5.49. The molecule has 0 aromatic heterocycles. The minimum Gasteiger partial charge on any atom is -0.481 e. The SMILES string of the molecule is CC(O)C(CC(=O)O)C(=O)c1ccc(Cl)cc1. The van der Waals surface area contributed by atoms with Gasteiger partial charge in [-0.25, -0.2) is 0 Å². The van der Waals surface area contributed by atoms with Crippen LogP contribution in [0.15, 0.2) is 24.3 Å². The van der Waals surface area contributed by atoms with E-state index in [-0.39, 0.29) is 12.2 Å². The third-order valence-electron chi connectivity index (χ3n) is 2.44. The van der Waals surface area contributed by atoms with Gasteiger partial charge in [0, 0.05) is 10.6 Å². The Hall–Kier alpha value is -1.39. The predicted octanol–water partition coefficient (Wildman–Crippen LogP) is 1.99. The van der Waals surface area contributed by atoms with Gasteiger partial charge in [0.05, 0.1) is 18.4 Å². The molecule has 2 atom stereocenters. The third kappa shape index (κ3) is 3.84. The Morgan fingerprint density at radius 3 is 2.24 bits per heavy atom. The molecule has 17 heavy (non-hydrogen) atoms. The predicted molar refractivity (Wildman–Crippen MR) is 63.2 cm³/mol. The average Bonchev–Trinajstić information content (AvgIpc) is 2.25. The Morgan fingerprint density at radius 2 is 1.82 bits per heavy atom. The molecule has 0 bridgehead atoms. The molecule has 0 spiro atoms. The molecule has 0 heterocycles. The van der Waals surface area contributed by atoms with Crippen LogP contribution in [0.25, 0.3) is 0 Å². The largest absolute Gasteiger partial charge is 0.481 e. The van der Waals surface area contributed by atoms with Crippen molar-refractivity contribution >= 4 is 23.4 Å². The Labute approximate surface area is 104 Å². The van der Waals surface area contributed by atoms with Crippen LogP contribution in [-0.4, -0.2) is 28.1 Å². The number of carboxylic acids is 1. The molecule has 2 N–H and O–H groups in total. The summed E-state index contributed by atoms with van der Waals surface area (Å²) in [4.78, 5) is 22.6. The first kappa shape index (κ1) is 13.7. The van der Waals surface area contributed by atoms with E-state index in [1.165, 1.54) is 19.1 Å². The average molecular weight is 257 g/mol. The van der Waals surface area contributed by atoms with Crippen LogP contribution in [0.2, 0.25) is 5.02 Å². The lowest BCUT2D eigenvalue weighted by molar-refractivity contribution is -0.138. The molecule has 1 aromatic rings. The van der Waals surface area contributed by atoms with Crippen LogP contribution >= 0.6 is 11.6 Å². The highest BCUT2D eigenvalue weighted by atomic mass is 35.5. The van der Waals surface area contributed by atoms with Gasteiger partial charge in [0.2, 0.25) is 0 Å². The van der Waals surface area contributed by atoms with Gasteiger partial charge < -0.3 is 10.2 Å². The number of benzene rings is 1. The first-order chi connectivity index (χ1) is 7.91. The van der Waals surface area contributed by atoms with E-state index >= 15 is 0 Å². The molecule has 0 saturated carbocycles. The lowest BCUT2D eigenvalue weighted by Gasteiger charge is -2.16. The van der Waals surface area contributed by atoms with Gasteiger partial charge in [0.25, 0.3) is 0 Å². The van der Waals surface area contributed by atoms with Crippen LogP contribution in [0.1, 0.15) is 23.7 Å². The van der Waals surface area contributed by atoms with Crippen LogP contribution in [-0.2, 0) is 4.79 Å². The number of aliphatic hydroxyl groups excluding tert-OH is 1. The third-order valence-corrected chi connectivity index (χ3v) is 2.69. The molecule has 0 aliphatic carbocycles. The second-order valence-corrected chi connectivity index (χ2v) is 4.25. The van der Waals surface area contributed by atoms with Gasteiger partial charge in [-0.05, 0) is 31.2 Å². The van der Waals surface area contributed by atoms with Crippen molar-refractivity contribution in [3.05, 3.63) is 34.9 Å². The molecule has 0 aliphatic rings. The van der Waals surface area contributed by atoms with Gasteiger partial charge in [0.1, 0.15) is 0 Å². The fraction of sp³-hybridized carbons (Fsp3) is 0.333. The number of ketones is 1. The Morgan fingerprint density at radius 1 is 1.29 bits per heavy atom. The molecule has 1 rings (SSSR count). The number of Topliss-reactive ketones (excluding diaryl/α,β-unsaturated/α-hetero) is 1. The van der Waals surface area contributed by atoms with E-state index in [0.717, 1.165) is 0 Å². The fourth-order valence-corrected chi connectivity index (χ4v) is 1.62. The van der Waals surface area contributed by atoms with Crippen LogP contribution in [0.4, 0.5) is 0 Å². The highest BCUT2D eigenvalue weighted by Crippen LogP contribution is 2.18. The summed E-state index contributed by atoms with van der Waals surface area (Å²) in [5.41, 5.74) is 0.349. The van der Waals surface area contributed by atoms with E-state index in [2.05, 4.69) is 0 Å². The second-order valence-electron chi connectivity index (χ2n) is 3.82. The minimum atomic E-state index is -1.11. The Kier molecular flexibility index (Phi) is 4.66. The molecule has 5 heteroatoms. The summed E-state index contributed by atoms with van der Waals surface area (Å²) in [5, 5.41) is 18.6. The number of halogens is 1. The van der Waals surface area contributed by atoms with E-state index in [9.17, 15) is 14.7 Å². The van der Waals surface area contributed by atoms with Crippen LogP contribution in [0, 0.1) is 5.92 Å². The minimum absolute atomic E-state index is 0.349. The molecule has 0 radical (unpaired) electrons. The summed E-state index contributed by atoms with van der Waals surface area (Å²) in [6.07, 6.45) is -1.40. The fourth-order valence-electron chi connectivity index (χ4n) is 1.50. The van der Waals surface area contributed by atoms with Crippen molar-refractivity contribution in [1.29, 1.82) is 0 Å². The number of carbonyl (C=O) groups is 2. The van der Waals surface area contributed by atoms with Gasteiger partial charge in [-0.1, -0.05) is 11.6 Å². The zero-order valence-electron chi connectivity index (χ0n) is 9.26. The number of hydrogen-bond acceptors (Lipinski definition) is 3. The molecule has 0 saturated heterocycles. The smallest absolute Gasteiger partial charge is 0.304 e. The normalized spacial score (nSPS) is 14.1. The summed E-state index contributed by atoms with van der Waals surface area (Å²) >= 11 is 5.69. The topological polar surface area (TPSA) is 74.6 Å². The van der Waals surface area contributed by atoms with Crippen LogP contribution in [0.3, 0.4) is 0 Å². The van der Waals surface area contributed by atoms with Crippen LogP contribution in [0.5, 0.6) is 0 Å². The van der Waals surface area contributed by atoms with Crippen molar-refractivity contribution in [3.63, 3.8) is 0 Å². The molecule has 0 aliphatic heterocycles. The lowest BCUT2D eigenvalue weighted by atomic mass is 9.90. The summed E-state index contributed by atoms with van der Waals surface area (Å²) in [7, 11) is 0. The van der Waals surface area contributed by atoms with Gasteiger partial charge in [-0.2, -0.15) is 0 Å². The molecule has 92 valence electrons. The number of hydrogen-bond donors (Lipinski definition) is 2. The van der Waals surface area contributed by atoms with E-state index in [0.29, 0.717) is 10.6 Å². The molecule has 1 aromatic carbocycles. The maximum atomic E-state index is 12.0. The maximum absolute atomic E-state index is 12.0. The highest BCUT2D eigenvalue weighted by Gasteiger charge is 2.27. The van der Waals surface area contributed by atoms with E-state index in [1.54, 1.807) is 12.1 Å². The first-order valence-electron chi connectivity index (χ1n) is 5.11. The number of aliphatic hydroxyl groups is 1. The van der Waals surface area contributed by atoms with Crippen molar-refractivity contribution in [3.8, 4) is 0 Å². The lowest BCUT2D eigenvalue weighted by Crippen LogP contribution is -2.28. The van der Waals surface area contributed by atoms with Crippen molar-refractivity contribution in [2.24, 2.45) is 5.92 Å². The van der Waals surface area contributed by atoms with E-state index in [4.69, 9.17) is 16.7 Å². The van der Waals surface area contributed by atoms with E-state index < -0.39 is 18.0 Å². The molecule has 4 nitrogen and oxygen atoms in total. The van der Waals surface area contributed by atoms with Crippen molar-refractivity contribution in [2.45, 2.75) is 19.4 Å². The summed E-state index contributed by atoms with van der Waals surface area (Å²) in [6.45, 7) is 1.40. The van der Waals surface area contributed by atoms with Gasteiger partial charge >= 0.3 is 5.97 Å². The number of carbonyl (C=O) groups excluding carboxylic acids is 1.